The van der Waals surface area contributed by atoms with Crippen molar-refractivity contribution >= 4 is 21.4 Å². The van der Waals surface area contributed by atoms with Crippen molar-refractivity contribution in [3.63, 3.8) is 0 Å². The van der Waals surface area contributed by atoms with Gasteiger partial charge in [-0.3, -0.25) is 0 Å². The van der Waals surface area contributed by atoms with Gasteiger partial charge in [0.05, 0.1) is 16.8 Å². The standard InChI is InChI=1S/C17H19FN6O2S/c1-12-9-15(3-4-16(12)18)27(25,26)23-7-5-22(6-8-23)14-10-17-21-20-13(2)24(17)19-11-14/h3-4,9-11H,5-8H2,1-2H3. The fourth-order valence-corrected chi connectivity index (χ4v) is 4.69. The minimum Gasteiger partial charge on any atom is -0.367 e. The second-order valence-corrected chi connectivity index (χ2v) is 8.47. The van der Waals surface area contributed by atoms with E-state index in [2.05, 4.69) is 20.2 Å². The quantitative estimate of drug-likeness (QED) is 0.672. The normalized spacial score (nSPS) is 16.2. The highest BCUT2D eigenvalue weighted by Crippen LogP contribution is 2.22. The van der Waals surface area contributed by atoms with E-state index < -0.39 is 15.8 Å². The Bertz CT molecular complexity index is 1110. The fraction of sp³-hybridized carbons (Fsp3) is 0.353. The fourth-order valence-electron chi connectivity index (χ4n) is 3.18. The smallest absolute Gasteiger partial charge is 0.243 e. The first-order chi connectivity index (χ1) is 12.9. The van der Waals surface area contributed by atoms with Crippen molar-refractivity contribution in [2.24, 2.45) is 0 Å². The Labute approximate surface area is 156 Å². The molecule has 1 aliphatic rings. The van der Waals surface area contributed by atoms with Crippen molar-refractivity contribution in [1.29, 1.82) is 0 Å². The summed E-state index contributed by atoms with van der Waals surface area (Å²) in [6.45, 7) is 5.13. The molecule has 4 rings (SSSR count). The highest BCUT2D eigenvalue weighted by atomic mass is 32.2. The van der Waals surface area contributed by atoms with Gasteiger partial charge in [-0.15, -0.1) is 10.2 Å². The lowest BCUT2D eigenvalue weighted by Crippen LogP contribution is -2.48. The number of aryl methyl sites for hydroxylation is 2. The summed E-state index contributed by atoms with van der Waals surface area (Å²) in [6.07, 6.45) is 1.73. The van der Waals surface area contributed by atoms with Crippen LogP contribution in [0.1, 0.15) is 11.4 Å². The van der Waals surface area contributed by atoms with Gasteiger partial charge >= 0.3 is 0 Å². The Morgan fingerprint density at radius 3 is 2.48 bits per heavy atom. The van der Waals surface area contributed by atoms with E-state index in [-0.39, 0.29) is 4.90 Å². The van der Waals surface area contributed by atoms with Crippen LogP contribution in [0.5, 0.6) is 0 Å². The molecule has 0 N–H and O–H groups in total. The lowest BCUT2D eigenvalue weighted by atomic mass is 10.2. The van der Waals surface area contributed by atoms with Crippen LogP contribution in [0.25, 0.3) is 5.65 Å². The topological polar surface area (TPSA) is 83.7 Å². The summed E-state index contributed by atoms with van der Waals surface area (Å²) < 4.78 is 42.2. The number of rotatable bonds is 3. The number of sulfonamides is 1. The Kier molecular flexibility index (Phi) is 4.31. The third-order valence-corrected chi connectivity index (χ3v) is 6.67. The molecule has 0 amide bonds. The van der Waals surface area contributed by atoms with Gasteiger partial charge in [0.15, 0.2) is 11.5 Å². The van der Waals surface area contributed by atoms with E-state index >= 15 is 0 Å². The average Bonchev–Trinajstić information content (AvgIpc) is 3.04. The van der Waals surface area contributed by atoms with Gasteiger partial charge in [-0.2, -0.15) is 13.9 Å². The number of nitrogens with zero attached hydrogens (tertiary/aromatic N) is 6. The number of halogens is 1. The van der Waals surface area contributed by atoms with Gasteiger partial charge in [0.2, 0.25) is 10.0 Å². The third-order valence-electron chi connectivity index (χ3n) is 4.77. The maximum Gasteiger partial charge on any atom is 0.243 e. The SMILES string of the molecule is Cc1cc(S(=O)(=O)N2CCN(c3cnn4c(C)nnc4c3)CC2)ccc1F. The van der Waals surface area contributed by atoms with Crippen LogP contribution in [-0.4, -0.2) is 58.7 Å². The molecule has 10 heteroatoms. The first kappa shape index (κ1) is 17.8. The largest absolute Gasteiger partial charge is 0.367 e. The van der Waals surface area contributed by atoms with E-state index in [1.165, 1.54) is 22.5 Å². The van der Waals surface area contributed by atoms with E-state index in [0.29, 0.717) is 43.2 Å². The molecule has 8 nitrogen and oxygen atoms in total. The molecule has 142 valence electrons. The molecular weight excluding hydrogens is 371 g/mol. The van der Waals surface area contributed by atoms with Gasteiger partial charge in [0.1, 0.15) is 5.82 Å². The van der Waals surface area contributed by atoms with Crippen LogP contribution in [-0.2, 0) is 10.0 Å². The second-order valence-electron chi connectivity index (χ2n) is 6.53. The maximum atomic E-state index is 13.4. The van der Waals surface area contributed by atoms with Gasteiger partial charge in [-0.1, -0.05) is 0 Å². The summed E-state index contributed by atoms with van der Waals surface area (Å²) >= 11 is 0. The zero-order valence-corrected chi connectivity index (χ0v) is 15.8. The second kappa shape index (κ2) is 6.54. The molecular formula is C17H19FN6O2S. The third kappa shape index (κ3) is 3.15. The number of hydrogen-bond acceptors (Lipinski definition) is 6. The molecule has 0 saturated carbocycles. The monoisotopic (exact) mass is 390 g/mol. The molecule has 0 spiro atoms. The number of piperazine rings is 1. The molecule has 3 heterocycles. The molecule has 1 aliphatic heterocycles. The number of anilines is 1. The molecule has 1 aromatic carbocycles. The minimum absolute atomic E-state index is 0.122. The van der Waals surface area contributed by atoms with E-state index in [1.807, 2.05) is 13.0 Å². The van der Waals surface area contributed by atoms with Crippen molar-refractivity contribution in [1.82, 2.24) is 24.1 Å². The van der Waals surface area contributed by atoms with Crippen LogP contribution in [0.3, 0.4) is 0 Å². The predicted octanol–water partition coefficient (Wildman–Crippen LogP) is 1.39. The molecule has 0 unspecified atom stereocenters. The van der Waals surface area contributed by atoms with Gasteiger partial charge in [0.25, 0.3) is 0 Å². The minimum atomic E-state index is -3.64. The molecule has 3 aromatic rings. The Morgan fingerprint density at radius 1 is 1.04 bits per heavy atom. The Hall–Kier alpha value is -2.59. The summed E-state index contributed by atoms with van der Waals surface area (Å²) in [5.74, 6) is 0.299. The molecule has 1 saturated heterocycles. The molecule has 0 atom stereocenters. The van der Waals surface area contributed by atoms with Gasteiger partial charge < -0.3 is 4.90 Å². The van der Waals surface area contributed by atoms with E-state index in [4.69, 9.17) is 0 Å². The van der Waals surface area contributed by atoms with Gasteiger partial charge in [-0.25, -0.2) is 12.8 Å². The van der Waals surface area contributed by atoms with Gasteiger partial charge in [-0.05, 0) is 37.6 Å². The van der Waals surface area contributed by atoms with Crippen molar-refractivity contribution in [3.8, 4) is 0 Å². The highest BCUT2D eigenvalue weighted by Gasteiger charge is 2.29. The Morgan fingerprint density at radius 2 is 1.78 bits per heavy atom. The van der Waals surface area contributed by atoms with E-state index in [9.17, 15) is 12.8 Å². The average molecular weight is 390 g/mol. The lowest BCUT2D eigenvalue weighted by molar-refractivity contribution is 0.384. The number of hydrogen-bond donors (Lipinski definition) is 0. The number of fused-ring (bicyclic) bond motifs is 1. The molecule has 27 heavy (non-hydrogen) atoms. The summed E-state index contributed by atoms with van der Waals surface area (Å²) in [6, 6.07) is 5.78. The maximum absolute atomic E-state index is 13.4. The zero-order valence-electron chi connectivity index (χ0n) is 15.0. The summed E-state index contributed by atoms with van der Waals surface area (Å²) in [7, 11) is -3.64. The van der Waals surface area contributed by atoms with Crippen molar-refractivity contribution in [2.75, 3.05) is 31.1 Å². The lowest BCUT2D eigenvalue weighted by Gasteiger charge is -2.35. The predicted molar refractivity (Wildman–Crippen MR) is 97.6 cm³/mol. The Balaban J connectivity index is 1.51. The van der Waals surface area contributed by atoms with Crippen LogP contribution in [0.15, 0.2) is 35.4 Å². The van der Waals surface area contributed by atoms with Crippen molar-refractivity contribution < 1.29 is 12.8 Å². The number of aromatic nitrogens is 4. The van der Waals surface area contributed by atoms with Gasteiger partial charge in [0, 0.05) is 32.2 Å². The van der Waals surface area contributed by atoms with Crippen molar-refractivity contribution in [3.05, 3.63) is 47.7 Å². The van der Waals surface area contributed by atoms with E-state index in [1.54, 1.807) is 17.6 Å². The summed E-state index contributed by atoms with van der Waals surface area (Å²) in [4.78, 5) is 2.19. The first-order valence-electron chi connectivity index (χ1n) is 8.55. The zero-order chi connectivity index (χ0) is 19.2. The number of benzene rings is 1. The van der Waals surface area contributed by atoms with E-state index in [0.717, 1.165) is 5.69 Å². The molecule has 0 aliphatic carbocycles. The summed E-state index contributed by atoms with van der Waals surface area (Å²) in [5, 5.41) is 12.4. The van der Waals surface area contributed by atoms with Crippen LogP contribution in [0.2, 0.25) is 0 Å². The van der Waals surface area contributed by atoms with Crippen molar-refractivity contribution in [2.45, 2.75) is 18.7 Å². The van der Waals surface area contributed by atoms with Crippen LogP contribution in [0, 0.1) is 19.7 Å². The molecule has 2 aromatic heterocycles. The van der Waals surface area contributed by atoms with Crippen LogP contribution >= 0.6 is 0 Å². The summed E-state index contributed by atoms with van der Waals surface area (Å²) in [5.41, 5.74) is 1.85. The molecule has 1 fully saturated rings. The van der Waals surface area contributed by atoms with Crippen LogP contribution < -0.4 is 4.90 Å². The van der Waals surface area contributed by atoms with Crippen LogP contribution in [0.4, 0.5) is 10.1 Å². The molecule has 0 radical (unpaired) electrons. The highest BCUT2D eigenvalue weighted by molar-refractivity contribution is 7.89. The molecule has 0 bridgehead atoms. The first-order valence-corrected chi connectivity index (χ1v) is 9.99.